The van der Waals surface area contributed by atoms with Gasteiger partial charge in [-0.25, -0.2) is 8.42 Å². The third-order valence-electron chi connectivity index (χ3n) is 6.35. The number of piperazine rings is 1. The molecule has 0 aliphatic carbocycles. The molecular weight excluding hydrogens is 462 g/mol. The first-order chi connectivity index (χ1) is 16.0. The Balaban J connectivity index is 1.30. The molecule has 1 amide bonds. The molecule has 9 nitrogen and oxygen atoms in total. The normalized spacial score (nSPS) is 19.8. The summed E-state index contributed by atoms with van der Waals surface area (Å²) in [7, 11) is -2.22. The summed E-state index contributed by atoms with van der Waals surface area (Å²) in [6.07, 6.45) is 1.19. The minimum Gasteiger partial charge on any atom is -0.497 e. The molecule has 0 N–H and O–H groups in total. The molecule has 2 aliphatic heterocycles. The average Bonchev–Trinajstić information content (AvgIpc) is 3.54. The van der Waals surface area contributed by atoms with Crippen LogP contribution in [0.2, 0.25) is 0 Å². The summed E-state index contributed by atoms with van der Waals surface area (Å²) in [6.45, 7) is 2.84. The maximum Gasteiger partial charge on any atom is 0.246 e. The van der Waals surface area contributed by atoms with Gasteiger partial charge in [0.15, 0.2) is 0 Å². The van der Waals surface area contributed by atoms with E-state index in [-0.39, 0.29) is 10.8 Å². The molecule has 0 spiro atoms. The zero-order chi connectivity index (χ0) is 23.0. The van der Waals surface area contributed by atoms with Crippen molar-refractivity contribution in [3.8, 4) is 5.75 Å². The molecule has 0 radical (unpaired) electrons. The quantitative estimate of drug-likeness (QED) is 0.544. The van der Waals surface area contributed by atoms with Gasteiger partial charge in [0.05, 0.1) is 18.8 Å². The van der Waals surface area contributed by atoms with Gasteiger partial charge in [-0.05, 0) is 49.2 Å². The predicted octanol–water partition coefficient (Wildman–Crippen LogP) is 2.20. The molecule has 11 heteroatoms. The monoisotopic (exact) mass is 487 g/mol. The summed E-state index contributed by atoms with van der Waals surface area (Å²) in [6, 6.07) is 12.1. The Bertz CT molecular complexity index is 1250. The topological polar surface area (TPSA) is 95.9 Å². The zero-order valence-corrected chi connectivity index (χ0v) is 19.9. The third kappa shape index (κ3) is 4.04. The van der Waals surface area contributed by atoms with Gasteiger partial charge >= 0.3 is 0 Å². The van der Waals surface area contributed by atoms with E-state index < -0.39 is 16.1 Å². The Hall–Kier alpha value is -2.76. The van der Waals surface area contributed by atoms with Crippen LogP contribution >= 0.6 is 11.7 Å². The maximum atomic E-state index is 13.5. The van der Waals surface area contributed by atoms with E-state index in [1.54, 1.807) is 30.2 Å². The van der Waals surface area contributed by atoms with Crippen LogP contribution < -0.4 is 9.64 Å². The minimum atomic E-state index is -3.86. The van der Waals surface area contributed by atoms with Gasteiger partial charge in [0.2, 0.25) is 15.9 Å². The van der Waals surface area contributed by atoms with Crippen LogP contribution in [0, 0.1) is 0 Å². The largest absolute Gasteiger partial charge is 0.497 e. The molecule has 3 aromatic rings. The molecule has 174 valence electrons. The van der Waals surface area contributed by atoms with E-state index in [4.69, 9.17) is 4.74 Å². The summed E-state index contributed by atoms with van der Waals surface area (Å²) in [5, 5.41) is 0. The maximum absolute atomic E-state index is 13.5. The van der Waals surface area contributed by atoms with Crippen LogP contribution in [-0.2, 0) is 14.8 Å². The Kier molecular flexibility index (Phi) is 5.94. The van der Waals surface area contributed by atoms with Crippen LogP contribution in [0.25, 0.3) is 11.0 Å². The molecule has 3 heterocycles. The van der Waals surface area contributed by atoms with Crippen LogP contribution in [0.4, 0.5) is 5.69 Å². The fourth-order valence-electron chi connectivity index (χ4n) is 4.58. The third-order valence-corrected chi connectivity index (χ3v) is 8.84. The molecule has 5 rings (SSSR count). The standard InChI is InChI=1S/C22H25N5O4S2/c1-31-17-9-7-16(8-10-17)25-12-14-26(15-13-25)22(28)19-5-3-11-27(19)33(29,30)20-6-2-4-18-21(20)24-32-23-18/h2,4,6-10,19H,3,5,11-15H2,1H3/t19-/m0/s1. The molecule has 2 saturated heterocycles. The fourth-order valence-corrected chi connectivity index (χ4v) is 6.98. The highest BCUT2D eigenvalue weighted by atomic mass is 32.2. The zero-order valence-electron chi connectivity index (χ0n) is 18.3. The Morgan fingerprint density at radius 3 is 2.52 bits per heavy atom. The number of fused-ring (bicyclic) bond motifs is 1. The van der Waals surface area contributed by atoms with E-state index in [1.165, 1.54) is 4.31 Å². The molecule has 1 aromatic heterocycles. The van der Waals surface area contributed by atoms with E-state index in [0.717, 1.165) is 23.2 Å². The smallest absolute Gasteiger partial charge is 0.246 e. The average molecular weight is 488 g/mol. The number of sulfonamides is 1. The highest BCUT2D eigenvalue weighted by Gasteiger charge is 2.42. The Labute approximate surface area is 196 Å². The summed E-state index contributed by atoms with van der Waals surface area (Å²) in [5.74, 6) is 0.688. The molecule has 0 unspecified atom stereocenters. The highest BCUT2D eigenvalue weighted by Crippen LogP contribution is 2.31. The highest BCUT2D eigenvalue weighted by molar-refractivity contribution is 7.89. The van der Waals surface area contributed by atoms with Crippen molar-refractivity contribution in [3.63, 3.8) is 0 Å². The number of ether oxygens (including phenoxy) is 1. The number of benzene rings is 2. The first-order valence-electron chi connectivity index (χ1n) is 10.9. The van der Waals surface area contributed by atoms with Crippen LogP contribution in [0.1, 0.15) is 12.8 Å². The van der Waals surface area contributed by atoms with E-state index in [1.807, 2.05) is 24.3 Å². The van der Waals surface area contributed by atoms with Crippen molar-refractivity contribution in [2.45, 2.75) is 23.8 Å². The second kappa shape index (κ2) is 8.88. The number of rotatable bonds is 5. The van der Waals surface area contributed by atoms with Crippen LogP contribution in [0.3, 0.4) is 0 Å². The summed E-state index contributed by atoms with van der Waals surface area (Å²) in [5.41, 5.74) is 2.00. The van der Waals surface area contributed by atoms with Gasteiger partial charge in [-0.2, -0.15) is 13.1 Å². The molecule has 33 heavy (non-hydrogen) atoms. The number of aromatic nitrogens is 2. The Morgan fingerprint density at radius 2 is 1.79 bits per heavy atom. The predicted molar refractivity (Wildman–Crippen MR) is 126 cm³/mol. The van der Waals surface area contributed by atoms with E-state index in [9.17, 15) is 13.2 Å². The fraction of sp³-hybridized carbons (Fsp3) is 0.409. The molecule has 0 saturated carbocycles. The number of hydrogen-bond donors (Lipinski definition) is 0. The second-order valence-corrected chi connectivity index (χ2v) is 10.6. The molecule has 1 atom stereocenters. The van der Waals surface area contributed by atoms with Gasteiger partial charge < -0.3 is 14.5 Å². The summed E-state index contributed by atoms with van der Waals surface area (Å²) in [4.78, 5) is 17.5. The molecule has 2 fully saturated rings. The minimum absolute atomic E-state index is 0.117. The van der Waals surface area contributed by atoms with Crippen molar-refractivity contribution >= 4 is 44.4 Å². The lowest BCUT2D eigenvalue weighted by molar-refractivity contribution is -0.134. The second-order valence-electron chi connectivity index (χ2n) is 8.17. The van der Waals surface area contributed by atoms with Gasteiger partial charge in [0, 0.05) is 38.4 Å². The van der Waals surface area contributed by atoms with Crippen molar-refractivity contribution in [2.24, 2.45) is 0 Å². The summed E-state index contributed by atoms with van der Waals surface area (Å²) < 4.78 is 41.9. The van der Waals surface area contributed by atoms with Crippen LogP contribution in [0.5, 0.6) is 5.75 Å². The van der Waals surface area contributed by atoms with Gasteiger partial charge in [-0.1, -0.05) is 6.07 Å². The van der Waals surface area contributed by atoms with Crippen LogP contribution in [-0.4, -0.2) is 78.2 Å². The lowest BCUT2D eigenvalue weighted by Crippen LogP contribution is -2.54. The molecule has 2 aromatic carbocycles. The van der Waals surface area contributed by atoms with Crippen molar-refractivity contribution in [3.05, 3.63) is 42.5 Å². The van der Waals surface area contributed by atoms with E-state index in [0.29, 0.717) is 56.6 Å². The number of anilines is 1. The number of carbonyl (C=O) groups is 1. The lowest BCUT2D eigenvalue weighted by Gasteiger charge is -2.38. The van der Waals surface area contributed by atoms with Crippen LogP contribution in [0.15, 0.2) is 47.4 Å². The van der Waals surface area contributed by atoms with Crippen molar-refractivity contribution in [1.82, 2.24) is 18.0 Å². The number of carbonyl (C=O) groups excluding carboxylic acids is 1. The van der Waals surface area contributed by atoms with E-state index >= 15 is 0 Å². The van der Waals surface area contributed by atoms with Crippen molar-refractivity contribution in [2.75, 3.05) is 44.7 Å². The first kappa shape index (κ1) is 22.1. The molecule has 2 aliphatic rings. The molecule has 0 bridgehead atoms. The summed E-state index contributed by atoms with van der Waals surface area (Å²) >= 11 is 0.986. The van der Waals surface area contributed by atoms with E-state index in [2.05, 4.69) is 13.6 Å². The van der Waals surface area contributed by atoms with Crippen molar-refractivity contribution in [1.29, 1.82) is 0 Å². The van der Waals surface area contributed by atoms with Gasteiger partial charge in [-0.15, -0.1) is 0 Å². The van der Waals surface area contributed by atoms with Gasteiger partial charge in [0.25, 0.3) is 0 Å². The number of methoxy groups -OCH3 is 1. The SMILES string of the molecule is COc1ccc(N2CCN(C(=O)[C@@H]3CCCN3S(=O)(=O)c3cccc4nsnc34)CC2)cc1. The molecular formula is C22H25N5O4S2. The number of hydrogen-bond acceptors (Lipinski definition) is 8. The first-order valence-corrected chi connectivity index (χ1v) is 13.1. The Morgan fingerprint density at radius 1 is 1.03 bits per heavy atom. The number of amides is 1. The number of nitrogens with zero attached hydrogens (tertiary/aromatic N) is 5. The lowest BCUT2D eigenvalue weighted by atomic mass is 10.1. The van der Waals surface area contributed by atoms with Gasteiger partial charge in [-0.3, -0.25) is 4.79 Å². The van der Waals surface area contributed by atoms with Gasteiger partial charge in [0.1, 0.15) is 27.7 Å². The van der Waals surface area contributed by atoms with Crippen molar-refractivity contribution < 1.29 is 17.9 Å².